The van der Waals surface area contributed by atoms with Crippen LogP contribution >= 0.6 is 0 Å². The molecule has 2 nitrogen and oxygen atoms in total. The number of aromatic nitrogens is 1. The fourth-order valence-corrected chi connectivity index (χ4v) is 6.54. The summed E-state index contributed by atoms with van der Waals surface area (Å²) in [5.41, 5.74) is 8.27. The molecule has 31 heavy (non-hydrogen) atoms. The summed E-state index contributed by atoms with van der Waals surface area (Å²) in [6, 6.07) is 23.2. The third kappa shape index (κ3) is 3.04. The maximum atomic E-state index is 8.39. The molecule has 0 saturated carbocycles. The van der Waals surface area contributed by atoms with Gasteiger partial charge in [0.05, 0.1) is 0 Å². The summed E-state index contributed by atoms with van der Waals surface area (Å²) in [5.74, 6) is 0. The summed E-state index contributed by atoms with van der Waals surface area (Å²) < 4.78 is 26.7. The van der Waals surface area contributed by atoms with Crippen molar-refractivity contribution in [1.82, 2.24) is 0 Å². The zero-order chi connectivity index (χ0) is 22.7. The van der Waals surface area contributed by atoms with Crippen LogP contribution in [0.2, 0.25) is 5.32 Å². The van der Waals surface area contributed by atoms with Crippen LogP contribution in [-0.2, 0) is 13.4 Å². The summed E-state index contributed by atoms with van der Waals surface area (Å²) in [5, 5.41) is 3.18. The molecule has 0 aliphatic carbocycles. The van der Waals surface area contributed by atoms with Crippen molar-refractivity contribution in [2.75, 3.05) is 0 Å². The van der Waals surface area contributed by atoms with Gasteiger partial charge in [-0.05, 0) is 0 Å². The second-order valence-corrected chi connectivity index (χ2v) is 10.5. The molecule has 0 unspecified atom stereocenters. The Bertz CT molecular complexity index is 1550. The van der Waals surface area contributed by atoms with E-state index in [-0.39, 0.29) is 0 Å². The second kappa shape index (κ2) is 7.37. The summed E-state index contributed by atoms with van der Waals surface area (Å²) in [6.07, 6.45) is 1.46. The molecule has 0 spiro atoms. The molecule has 5 aromatic rings. The molecule has 0 atom stereocenters. The van der Waals surface area contributed by atoms with Gasteiger partial charge in [-0.15, -0.1) is 0 Å². The van der Waals surface area contributed by atoms with Crippen molar-refractivity contribution >= 4 is 41.4 Å². The van der Waals surface area contributed by atoms with Crippen molar-refractivity contribution in [1.29, 1.82) is 0 Å². The molecule has 3 heterocycles. The van der Waals surface area contributed by atoms with E-state index in [4.69, 9.17) is 7.16 Å². The van der Waals surface area contributed by atoms with E-state index in [0.717, 1.165) is 55.2 Å². The molecule has 0 saturated heterocycles. The number of furan rings is 1. The minimum atomic E-state index is -1.23. The molecule has 3 heteroatoms. The zero-order valence-electron chi connectivity index (χ0n) is 19.6. The molecule has 0 radical (unpaired) electrons. The predicted octanol–water partition coefficient (Wildman–Crippen LogP) is 5.75. The third-order valence-corrected chi connectivity index (χ3v) is 8.37. The van der Waals surface area contributed by atoms with Crippen molar-refractivity contribution in [3.8, 4) is 22.4 Å². The normalized spacial score (nSPS) is 16.2. The van der Waals surface area contributed by atoms with Gasteiger partial charge in [-0.2, -0.15) is 0 Å². The molecule has 152 valence electrons. The predicted molar refractivity (Wildman–Crippen MR) is 129 cm³/mol. The van der Waals surface area contributed by atoms with Gasteiger partial charge >= 0.3 is 192 Å². The fraction of sp³-hybridized carbons (Fsp3) is 0.179. The SMILES string of the molecule is [2H]C1([2H])CC[Se]c2cc(-c3cccc4c3oc3c(-c5cccc[n+]5C)c(C)ccc34)ccc21. The van der Waals surface area contributed by atoms with Gasteiger partial charge in [-0.25, -0.2) is 0 Å². The van der Waals surface area contributed by atoms with Crippen molar-refractivity contribution in [2.45, 2.75) is 25.0 Å². The van der Waals surface area contributed by atoms with Crippen LogP contribution in [0.4, 0.5) is 0 Å². The van der Waals surface area contributed by atoms with Gasteiger partial charge in [-0.1, -0.05) is 0 Å². The average Bonchev–Trinajstić information content (AvgIpc) is 3.18. The van der Waals surface area contributed by atoms with E-state index in [0.29, 0.717) is 21.4 Å². The maximum absolute atomic E-state index is 8.39. The van der Waals surface area contributed by atoms with Crippen molar-refractivity contribution in [2.24, 2.45) is 7.05 Å². The Kier molecular flexibility index (Phi) is 3.99. The molecule has 0 fully saturated rings. The first-order valence-electron chi connectivity index (χ1n) is 11.6. The van der Waals surface area contributed by atoms with Crippen LogP contribution in [-0.4, -0.2) is 15.0 Å². The Hall–Kier alpha value is -2.87. The van der Waals surface area contributed by atoms with Gasteiger partial charge in [0, 0.05) is 0 Å². The van der Waals surface area contributed by atoms with E-state index in [1.807, 2.05) is 12.1 Å². The first-order chi connectivity index (χ1) is 15.9. The Morgan fingerprint density at radius 3 is 2.77 bits per heavy atom. The number of pyridine rings is 1. The van der Waals surface area contributed by atoms with E-state index in [2.05, 4.69) is 79.3 Å². The van der Waals surface area contributed by atoms with Crippen LogP contribution in [0, 0.1) is 6.92 Å². The topological polar surface area (TPSA) is 17.0 Å². The minimum absolute atomic E-state index is 0.311. The molecule has 3 aromatic carbocycles. The standard InChI is InChI=1S/C28H24NOSe/c1-18-11-14-23-22-9-5-8-21(20-13-12-19-7-6-16-31-25(19)17-20)27(22)30-28(23)26(18)24-10-3-4-15-29(24)2/h3-5,8-15,17H,6-7,16H2,1-2H3/q+1/i7D2. The van der Waals surface area contributed by atoms with Gasteiger partial charge in [0.25, 0.3) is 0 Å². The number of aryl methyl sites for hydroxylation is 3. The number of nitrogens with zero attached hydrogens (tertiary/aromatic N) is 1. The monoisotopic (exact) mass is 472 g/mol. The number of benzene rings is 3. The molecule has 0 N–H and O–H groups in total. The van der Waals surface area contributed by atoms with Crippen LogP contribution in [0.1, 0.15) is 20.3 Å². The van der Waals surface area contributed by atoms with Crippen LogP contribution in [0.25, 0.3) is 44.3 Å². The average molecular weight is 471 g/mol. The molecule has 6 rings (SSSR count). The van der Waals surface area contributed by atoms with Crippen molar-refractivity contribution in [3.05, 3.63) is 84.1 Å². The molecule has 1 aliphatic heterocycles. The molecule has 0 amide bonds. The fourth-order valence-electron chi connectivity index (χ4n) is 4.59. The zero-order valence-corrected chi connectivity index (χ0v) is 19.3. The molecular weight excluding hydrogens is 445 g/mol. The Morgan fingerprint density at radius 2 is 1.87 bits per heavy atom. The quantitative estimate of drug-likeness (QED) is 0.237. The van der Waals surface area contributed by atoms with Crippen molar-refractivity contribution < 1.29 is 11.7 Å². The first-order valence-corrected chi connectivity index (χ1v) is 12.7. The summed E-state index contributed by atoms with van der Waals surface area (Å²) >= 11 is 0.311. The molecule has 0 bridgehead atoms. The number of rotatable bonds is 2. The van der Waals surface area contributed by atoms with E-state index in [1.54, 1.807) is 0 Å². The first kappa shape index (κ1) is 16.8. The van der Waals surface area contributed by atoms with Crippen LogP contribution in [0.15, 0.2) is 77.3 Å². The number of para-hydroxylation sites is 1. The van der Waals surface area contributed by atoms with Gasteiger partial charge in [0.1, 0.15) is 0 Å². The van der Waals surface area contributed by atoms with E-state index in [9.17, 15) is 0 Å². The second-order valence-electron chi connectivity index (χ2n) is 8.10. The van der Waals surface area contributed by atoms with Gasteiger partial charge < -0.3 is 0 Å². The van der Waals surface area contributed by atoms with Crippen molar-refractivity contribution in [3.63, 3.8) is 0 Å². The molecular formula is C28H24NOSe+. The van der Waals surface area contributed by atoms with Crippen LogP contribution in [0.5, 0.6) is 0 Å². The van der Waals surface area contributed by atoms with Gasteiger partial charge in [0.15, 0.2) is 0 Å². The number of hydrogen-bond donors (Lipinski definition) is 0. The van der Waals surface area contributed by atoms with E-state index < -0.39 is 6.37 Å². The van der Waals surface area contributed by atoms with Gasteiger partial charge in [-0.3, -0.25) is 0 Å². The molecule has 1 aliphatic rings. The van der Waals surface area contributed by atoms with E-state index >= 15 is 0 Å². The molecule has 2 aromatic heterocycles. The summed E-state index contributed by atoms with van der Waals surface area (Å²) in [7, 11) is 2.06. The third-order valence-electron chi connectivity index (χ3n) is 6.15. The summed E-state index contributed by atoms with van der Waals surface area (Å²) in [6.45, 7) is 2.13. The summed E-state index contributed by atoms with van der Waals surface area (Å²) in [4.78, 5) is 0. The Morgan fingerprint density at radius 1 is 0.968 bits per heavy atom. The van der Waals surface area contributed by atoms with Crippen LogP contribution in [0.3, 0.4) is 0 Å². The Labute approximate surface area is 191 Å². The number of fused-ring (bicyclic) bond motifs is 4. The number of hydrogen-bond acceptors (Lipinski definition) is 1. The van der Waals surface area contributed by atoms with Crippen LogP contribution < -0.4 is 9.03 Å². The Balaban J connectivity index is 1.60. The van der Waals surface area contributed by atoms with Gasteiger partial charge in [0.2, 0.25) is 0 Å². The van der Waals surface area contributed by atoms with E-state index in [1.165, 1.54) is 10.0 Å².